The molecule has 32 heavy (non-hydrogen) atoms. The summed E-state index contributed by atoms with van der Waals surface area (Å²) in [5, 5.41) is 23.7. The third kappa shape index (κ3) is 4.56. The van der Waals surface area contributed by atoms with Crippen LogP contribution in [0.4, 0.5) is 5.82 Å². The van der Waals surface area contributed by atoms with Gasteiger partial charge in [0.15, 0.2) is 0 Å². The van der Waals surface area contributed by atoms with Crippen molar-refractivity contribution >= 4 is 51.9 Å². The molecule has 1 saturated heterocycles. The summed E-state index contributed by atoms with van der Waals surface area (Å²) >= 11 is 0. The van der Waals surface area contributed by atoms with Crippen molar-refractivity contribution in [1.29, 1.82) is 0 Å². The smallest absolute Gasteiger partial charge is 0.253 e. The van der Waals surface area contributed by atoms with Gasteiger partial charge < -0.3 is 20.4 Å². The van der Waals surface area contributed by atoms with Crippen LogP contribution in [0, 0.1) is 0 Å². The summed E-state index contributed by atoms with van der Waals surface area (Å²) in [6, 6.07) is 14.1. The Morgan fingerprint density at radius 3 is 2.47 bits per heavy atom. The van der Waals surface area contributed by atoms with E-state index in [4.69, 9.17) is 23.5 Å². The summed E-state index contributed by atoms with van der Waals surface area (Å²) in [4.78, 5) is 22.6. The highest BCUT2D eigenvalue weighted by Crippen LogP contribution is 2.20. The van der Waals surface area contributed by atoms with Gasteiger partial charge in [0.25, 0.3) is 5.91 Å². The van der Waals surface area contributed by atoms with Crippen molar-refractivity contribution < 1.29 is 15.0 Å². The Labute approximate surface area is 190 Å². The molecule has 1 aromatic heterocycles. The summed E-state index contributed by atoms with van der Waals surface area (Å²) in [7, 11) is 17.5. The molecule has 1 amide bonds. The van der Waals surface area contributed by atoms with E-state index >= 15 is 0 Å². The minimum absolute atomic E-state index is 0.0198. The van der Waals surface area contributed by atoms with E-state index in [2.05, 4.69) is 15.3 Å². The summed E-state index contributed by atoms with van der Waals surface area (Å²) in [6.45, 7) is 0.109. The van der Waals surface area contributed by atoms with Crippen LogP contribution in [0.2, 0.25) is 0 Å². The van der Waals surface area contributed by atoms with Crippen LogP contribution in [0.3, 0.4) is 0 Å². The van der Waals surface area contributed by atoms with Crippen LogP contribution in [-0.4, -0.2) is 85.9 Å². The number of anilines is 1. The first-order chi connectivity index (χ1) is 15.3. The fourth-order valence-electron chi connectivity index (χ4n) is 3.75. The topological polar surface area (TPSA) is 98.6 Å². The van der Waals surface area contributed by atoms with Crippen molar-refractivity contribution in [2.75, 3.05) is 18.4 Å². The predicted octanol–water partition coefficient (Wildman–Crippen LogP) is -1.82. The maximum absolute atomic E-state index is 13.1. The van der Waals surface area contributed by atoms with Gasteiger partial charge in [-0.15, -0.1) is 0 Å². The fourth-order valence-corrected chi connectivity index (χ4v) is 3.75. The lowest BCUT2D eigenvalue weighted by Gasteiger charge is -2.39. The molecule has 1 aliphatic heterocycles. The molecule has 0 bridgehead atoms. The first kappa shape index (κ1) is 22.1. The zero-order chi connectivity index (χ0) is 22.8. The van der Waals surface area contributed by atoms with E-state index in [1.54, 1.807) is 18.2 Å². The van der Waals surface area contributed by atoms with E-state index in [1.165, 1.54) is 11.1 Å². The third-order valence-corrected chi connectivity index (χ3v) is 5.46. The van der Waals surface area contributed by atoms with E-state index in [1.807, 2.05) is 30.3 Å². The van der Waals surface area contributed by atoms with Gasteiger partial charge in [0, 0.05) is 24.2 Å². The van der Waals surface area contributed by atoms with E-state index in [9.17, 15) is 15.0 Å². The number of aliphatic hydroxyl groups excluding tert-OH is 2. The number of hydrogen-bond acceptors (Lipinski definition) is 6. The van der Waals surface area contributed by atoms with E-state index in [0.717, 1.165) is 11.1 Å². The lowest BCUT2D eigenvalue weighted by Crippen LogP contribution is -2.59. The molecule has 2 heterocycles. The van der Waals surface area contributed by atoms with Crippen LogP contribution in [0.5, 0.6) is 0 Å². The van der Waals surface area contributed by atoms with E-state index < -0.39 is 18.2 Å². The summed E-state index contributed by atoms with van der Waals surface area (Å²) in [5.74, 6) is -0.0318. The second-order valence-electron chi connectivity index (χ2n) is 7.71. The van der Waals surface area contributed by atoms with Gasteiger partial charge in [0.05, 0.1) is 18.3 Å². The molecule has 2 aromatic carbocycles. The second-order valence-corrected chi connectivity index (χ2v) is 7.71. The van der Waals surface area contributed by atoms with Gasteiger partial charge in [-0.2, -0.15) is 0 Å². The van der Waals surface area contributed by atoms with Gasteiger partial charge in [-0.3, -0.25) is 9.78 Å². The Bertz CT molecular complexity index is 1130. The lowest BCUT2D eigenvalue weighted by molar-refractivity contribution is -0.0391. The standard InChI is InChI=1S/C22H19B3N4O3/c23-15-8-13(6-7-14(15)12-4-2-1-3-5-12)22(32)29-10-16(19(31)17(30)11-29)27-18-9-26-20(24)21(25)28-18/h1-9,16-17,19,30-31H,10-11H2,(H,27,28). The molecule has 1 fully saturated rings. The van der Waals surface area contributed by atoms with Crippen molar-refractivity contribution in [1.82, 2.24) is 14.9 Å². The zero-order valence-corrected chi connectivity index (χ0v) is 17.2. The minimum Gasteiger partial charge on any atom is -0.388 e. The highest BCUT2D eigenvalue weighted by atomic mass is 16.3. The van der Waals surface area contributed by atoms with Crippen LogP contribution >= 0.6 is 0 Å². The van der Waals surface area contributed by atoms with Gasteiger partial charge in [0.2, 0.25) is 0 Å². The predicted molar refractivity (Wildman–Crippen MR) is 125 cm³/mol. The molecule has 1 aliphatic rings. The highest BCUT2D eigenvalue weighted by molar-refractivity contribution is 6.46. The Hall–Kier alpha value is -3.10. The number of aromatic nitrogens is 2. The Balaban J connectivity index is 1.53. The average Bonchev–Trinajstić information content (AvgIpc) is 2.79. The number of aliphatic hydroxyl groups is 2. The number of nitrogens with one attached hydrogen (secondary N) is 1. The maximum atomic E-state index is 13.1. The normalized spacial score (nSPS) is 20.7. The first-order valence-electron chi connectivity index (χ1n) is 10.1. The number of carbonyl (C=O) groups is 1. The molecule has 10 heteroatoms. The van der Waals surface area contributed by atoms with Gasteiger partial charge in [-0.1, -0.05) is 47.9 Å². The Morgan fingerprint density at radius 1 is 1.03 bits per heavy atom. The molecule has 0 spiro atoms. The number of likely N-dealkylation sites (tertiary alicyclic amines) is 1. The van der Waals surface area contributed by atoms with Crippen LogP contribution in [-0.2, 0) is 0 Å². The number of rotatable bonds is 4. The van der Waals surface area contributed by atoms with Crippen molar-refractivity contribution in [3.05, 3.63) is 60.3 Å². The monoisotopic (exact) mass is 420 g/mol. The number of β-amino-alcohol motifs (C(OH)–C–C–N with tert-alkyl or cyclic N) is 1. The molecular formula is C22H19B3N4O3. The molecule has 0 saturated carbocycles. The van der Waals surface area contributed by atoms with Crippen LogP contribution in [0.15, 0.2) is 54.7 Å². The number of piperidine rings is 1. The van der Waals surface area contributed by atoms with E-state index in [-0.39, 0.29) is 36.0 Å². The number of nitrogens with zero attached hydrogens (tertiary/aromatic N) is 3. The van der Waals surface area contributed by atoms with Crippen molar-refractivity contribution in [2.45, 2.75) is 18.2 Å². The molecule has 3 unspecified atom stereocenters. The molecule has 6 radical (unpaired) electrons. The third-order valence-electron chi connectivity index (χ3n) is 5.46. The fraction of sp³-hybridized carbons (Fsp3) is 0.227. The summed E-state index contributed by atoms with van der Waals surface area (Å²) in [5.41, 5.74) is 2.78. The zero-order valence-electron chi connectivity index (χ0n) is 17.2. The van der Waals surface area contributed by atoms with Crippen LogP contribution < -0.4 is 22.0 Å². The van der Waals surface area contributed by atoms with Gasteiger partial charge in [0.1, 0.15) is 35.5 Å². The van der Waals surface area contributed by atoms with E-state index in [0.29, 0.717) is 11.0 Å². The number of amides is 1. The van der Waals surface area contributed by atoms with Crippen LogP contribution in [0.25, 0.3) is 11.1 Å². The maximum Gasteiger partial charge on any atom is 0.253 e. The first-order valence-corrected chi connectivity index (χ1v) is 10.1. The highest BCUT2D eigenvalue weighted by Gasteiger charge is 2.37. The number of benzene rings is 2. The quantitative estimate of drug-likeness (QED) is 0.431. The van der Waals surface area contributed by atoms with Gasteiger partial charge in [-0.05, 0) is 22.8 Å². The van der Waals surface area contributed by atoms with Gasteiger partial charge in [-0.25, -0.2) is 4.98 Å². The van der Waals surface area contributed by atoms with Crippen molar-refractivity contribution in [3.8, 4) is 11.1 Å². The molecule has 3 N–H and O–H groups in total. The number of hydrogen-bond donors (Lipinski definition) is 3. The van der Waals surface area contributed by atoms with Gasteiger partial charge >= 0.3 is 0 Å². The average molecular weight is 420 g/mol. The molecule has 0 aliphatic carbocycles. The Kier molecular flexibility index (Phi) is 6.34. The molecule has 4 rings (SSSR count). The summed E-state index contributed by atoms with van der Waals surface area (Å²) < 4.78 is 0. The molecular weight excluding hydrogens is 401 g/mol. The van der Waals surface area contributed by atoms with Crippen molar-refractivity contribution in [2.24, 2.45) is 0 Å². The molecule has 3 aromatic rings. The summed E-state index contributed by atoms with van der Waals surface area (Å²) in [6.07, 6.45) is -0.899. The largest absolute Gasteiger partial charge is 0.388 e. The molecule has 7 nitrogen and oxygen atoms in total. The van der Waals surface area contributed by atoms with Crippen molar-refractivity contribution in [3.63, 3.8) is 0 Å². The minimum atomic E-state index is -1.15. The Morgan fingerprint density at radius 2 is 1.78 bits per heavy atom. The lowest BCUT2D eigenvalue weighted by atomic mass is 9.85. The number of carbonyl (C=O) groups excluding carboxylic acids is 1. The molecule has 3 atom stereocenters. The SMILES string of the molecule is [B]c1cc(C(=O)N2CC(O)C(O)C(Nc3cnc([B])c([B])n3)C2)ccc1-c1ccccc1. The second kappa shape index (κ2) is 9.18. The van der Waals surface area contributed by atoms with Crippen LogP contribution in [0.1, 0.15) is 10.4 Å². The molecule has 154 valence electrons.